The van der Waals surface area contributed by atoms with Gasteiger partial charge in [-0.15, -0.1) is 0 Å². The molecular weight excluding hydrogens is 210 g/mol. The van der Waals surface area contributed by atoms with Gasteiger partial charge >= 0.3 is 0 Å². The number of rotatable bonds is 5. The molecule has 1 aromatic rings. The molecule has 0 radical (unpaired) electrons. The zero-order valence-corrected chi connectivity index (χ0v) is 11.9. The average Bonchev–Trinajstić information content (AvgIpc) is 2.64. The lowest BCUT2D eigenvalue weighted by Crippen LogP contribution is -2.34. The van der Waals surface area contributed by atoms with Crippen molar-refractivity contribution in [3.05, 3.63) is 18.0 Å². The predicted molar refractivity (Wildman–Crippen MR) is 73.0 cm³/mol. The highest BCUT2D eigenvalue weighted by atomic mass is 15.3. The van der Waals surface area contributed by atoms with E-state index in [1.807, 2.05) is 4.68 Å². The Labute approximate surface area is 105 Å². The SMILES string of the molecule is CC(C)n1ccc(CCCC(N)C(C)(C)C)n1. The van der Waals surface area contributed by atoms with Crippen molar-refractivity contribution in [3.8, 4) is 0 Å². The minimum atomic E-state index is 0.206. The maximum absolute atomic E-state index is 6.14. The Hall–Kier alpha value is -0.830. The zero-order valence-electron chi connectivity index (χ0n) is 11.9. The maximum atomic E-state index is 6.14. The molecule has 1 aromatic heterocycles. The zero-order chi connectivity index (χ0) is 13.1. The number of aryl methyl sites for hydroxylation is 1. The van der Waals surface area contributed by atoms with Crippen molar-refractivity contribution >= 4 is 0 Å². The third kappa shape index (κ3) is 4.50. The summed E-state index contributed by atoms with van der Waals surface area (Å²) in [7, 11) is 0. The average molecular weight is 237 g/mol. The molecule has 0 spiro atoms. The quantitative estimate of drug-likeness (QED) is 0.855. The van der Waals surface area contributed by atoms with Crippen molar-refractivity contribution in [1.29, 1.82) is 0 Å². The van der Waals surface area contributed by atoms with E-state index >= 15 is 0 Å². The Balaban J connectivity index is 2.36. The van der Waals surface area contributed by atoms with E-state index in [0.717, 1.165) is 19.3 Å². The van der Waals surface area contributed by atoms with Crippen molar-refractivity contribution in [2.75, 3.05) is 0 Å². The molecule has 0 aromatic carbocycles. The largest absolute Gasteiger partial charge is 0.327 e. The van der Waals surface area contributed by atoms with Gasteiger partial charge in [-0.3, -0.25) is 4.68 Å². The molecule has 0 aliphatic heterocycles. The second-order valence-corrected chi connectivity index (χ2v) is 6.25. The van der Waals surface area contributed by atoms with Crippen LogP contribution in [0.2, 0.25) is 0 Å². The number of hydrogen-bond donors (Lipinski definition) is 1. The molecule has 17 heavy (non-hydrogen) atoms. The topological polar surface area (TPSA) is 43.8 Å². The summed E-state index contributed by atoms with van der Waals surface area (Å²) in [4.78, 5) is 0. The normalized spacial score (nSPS) is 14.3. The van der Waals surface area contributed by atoms with Crippen LogP contribution in [0.3, 0.4) is 0 Å². The summed E-state index contributed by atoms with van der Waals surface area (Å²) in [6.07, 6.45) is 5.28. The fraction of sp³-hybridized carbons (Fsp3) is 0.786. The van der Waals surface area contributed by atoms with E-state index in [9.17, 15) is 0 Å². The monoisotopic (exact) mass is 237 g/mol. The van der Waals surface area contributed by atoms with Gasteiger partial charge in [0, 0.05) is 18.3 Å². The van der Waals surface area contributed by atoms with E-state index in [2.05, 4.69) is 52.0 Å². The first-order valence-electron chi connectivity index (χ1n) is 6.60. The van der Waals surface area contributed by atoms with Gasteiger partial charge in [0.25, 0.3) is 0 Å². The fourth-order valence-corrected chi connectivity index (χ4v) is 1.73. The molecule has 0 saturated carbocycles. The van der Waals surface area contributed by atoms with E-state index in [4.69, 9.17) is 5.73 Å². The van der Waals surface area contributed by atoms with Crippen LogP contribution in [0.5, 0.6) is 0 Å². The molecule has 0 bridgehead atoms. The Morgan fingerprint density at radius 1 is 1.35 bits per heavy atom. The molecule has 0 aliphatic carbocycles. The molecule has 0 saturated heterocycles. The van der Waals surface area contributed by atoms with Crippen molar-refractivity contribution in [3.63, 3.8) is 0 Å². The Morgan fingerprint density at radius 3 is 2.47 bits per heavy atom. The Bertz CT molecular complexity index is 333. The van der Waals surface area contributed by atoms with Crippen LogP contribution in [-0.4, -0.2) is 15.8 Å². The fourth-order valence-electron chi connectivity index (χ4n) is 1.73. The van der Waals surface area contributed by atoms with E-state index < -0.39 is 0 Å². The van der Waals surface area contributed by atoms with E-state index in [-0.39, 0.29) is 11.5 Å². The van der Waals surface area contributed by atoms with Crippen molar-refractivity contribution in [2.45, 2.75) is 66.0 Å². The molecule has 0 aliphatic rings. The summed E-state index contributed by atoms with van der Waals surface area (Å²) in [5.41, 5.74) is 7.53. The second kappa shape index (κ2) is 5.67. The maximum Gasteiger partial charge on any atom is 0.0624 e. The molecule has 3 nitrogen and oxygen atoms in total. The van der Waals surface area contributed by atoms with Gasteiger partial charge in [0.2, 0.25) is 0 Å². The Morgan fingerprint density at radius 2 is 2.00 bits per heavy atom. The molecule has 1 atom stereocenters. The summed E-state index contributed by atoms with van der Waals surface area (Å²) in [5.74, 6) is 0. The minimum Gasteiger partial charge on any atom is -0.327 e. The van der Waals surface area contributed by atoms with Crippen molar-refractivity contribution in [1.82, 2.24) is 9.78 Å². The minimum absolute atomic E-state index is 0.206. The number of nitrogens with zero attached hydrogens (tertiary/aromatic N) is 2. The summed E-state index contributed by atoms with van der Waals surface area (Å²) < 4.78 is 2.01. The first-order valence-corrected chi connectivity index (χ1v) is 6.60. The molecule has 3 heteroatoms. The number of nitrogens with two attached hydrogens (primary N) is 1. The van der Waals surface area contributed by atoms with Gasteiger partial charge in [-0.2, -0.15) is 5.10 Å². The van der Waals surface area contributed by atoms with Crippen LogP contribution in [0, 0.1) is 5.41 Å². The molecule has 0 fully saturated rings. The molecular formula is C14H27N3. The van der Waals surface area contributed by atoms with E-state index in [0.29, 0.717) is 6.04 Å². The van der Waals surface area contributed by atoms with Gasteiger partial charge in [-0.05, 0) is 44.6 Å². The van der Waals surface area contributed by atoms with E-state index in [1.54, 1.807) is 0 Å². The summed E-state index contributed by atoms with van der Waals surface area (Å²) in [6, 6.07) is 2.83. The molecule has 98 valence electrons. The lowest BCUT2D eigenvalue weighted by molar-refractivity contribution is 0.301. The molecule has 1 unspecified atom stereocenters. The van der Waals surface area contributed by atoms with Crippen LogP contribution in [0.15, 0.2) is 12.3 Å². The molecule has 2 N–H and O–H groups in total. The van der Waals surface area contributed by atoms with Crippen molar-refractivity contribution in [2.24, 2.45) is 11.1 Å². The summed E-state index contributed by atoms with van der Waals surface area (Å²) in [5, 5.41) is 4.54. The highest BCUT2D eigenvalue weighted by molar-refractivity contribution is 4.99. The lowest BCUT2D eigenvalue weighted by Gasteiger charge is -2.26. The van der Waals surface area contributed by atoms with Crippen LogP contribution in [0.4, 0.5) is 0 Å². The summed E-state index contributed by atoms with van der Waals surface area (Å²) >= 11 is 0. The second-order valence-electron chi connectivity index (χ2n) is 6.25. The number of aromatic nitrogens is 2. The lowest BCUT2D eigenvalue weighted by atomic mass is 9.84. The smallest absolute Gasteiger partial charge is 0.0624 e. The van der Waals surface area contributed by atoms with Crippen LogP contribution in [-0.2, 0) is 6.42 Å². The standard InChI is InChI=1S/C14H27N3/c1-11(2)17-10-9-12(16-17)7-6-8-13(15)14(3,4)5/h9-11,13H,6-8,15H2,1-5H3. The summed E-state index contributed by atoms with van der Waals surface area (Å²) in [6.45, 7) is 10.9. The van der Waals surface area contributed by atoms with Crippen LogP contribution < -0.4 is 5.73 Å². The van der Waals surface area contributed by atoms with Gasteiger partial charge in [-0.25, -0.2) is 0 Å². The molecule has 0 amide bonds. The third-order valence-corrected chi connectivity index (χ3v) is 3.25. The predicted octanol–water partition coefficient (Wildman–Crippen LogP) is 3.16. The van der Waals surface area contributed by atoms with Crippen molar-refractivity contribution < 1.29 is 0 Å². The third-order valence-electron chi connectivity index (χ3n) is 3.25. The van der Waals surface area contributed by atoms with Crippen LogP contribution >= 0.6 is 0 Å². The first-order chi connectivity index (χ1) is 7.80. The van der Waals surface area contributed by atoms with Gasteiger partial charge in [0.15, 0.2) is 0 Å². The van der Waals surface area contributed by atoms with E-state index in [1.165, 1.54) is 5.69 Å². The van der Waals surface area contributed by atoms with Crippen LogP contribution in [0.1, 0.15) is 59.2 Å². The van der Waals surface area contributed by atoms with Gasteiger partial charge in [-0.1, -0.05) is 20.8 Å². The highest BCUT2D eigenvalue weighted by Crippen LogP contribution is 2.21. The number of hydrogen-bond acceptors (Lipinski definition) is 2. The molecule has 1 rings (SSSR count). The van der Waals surface area contributed by atoms with Gasteiger partial charge in [0.1, 0.15) is 0 Å². The highest BCUT2D eigenvalue weighted by Gasteiger charge is 2.19. The molecule has 1 heterocycles. The Kier molecular flexibility index (Phi) is 4.75. The first kappa shape index (κ1) is 14.2. The van der Waals surface area contributed by atoms with Crippen LogP contribution in [0.25, 0.3) is 0 Å². The van der Waals surface area contributed by atoms with Gasteiger partial charge < -0.3 is 5.73 Å². The van der Waals surface area contributed by atoms with Gasteiger partial charge in [0.05, 0.1) is 5.69 Å².